The first-order valence-corrected chi connectivity index (χ1v) is 21.5. The van der Waals surface area contributed by atoms with Crippen LogP contribution in [0.15, 0.2) is 97.3 Å². The Balaban J connectivity index is 0.852. The number of nitrogens with one attached hydrogen (secondary N) is 1. The summed E-state index contributed by atoms with van der Waals surface area (Å²) in [4.78, 5) is 29.5. The van der Waals surface area contributed by atoms with E-state index in [0.717, 1.165) is 51.8 Å². The van der Waals surface area contributed by atoms with Gasteiger partial charge in [0.1, 0.15) is 0 Å². The lowest BCUT2D eigenvalue weighted by molar-refractivity contribution is -0.686. The number of rotatable bonds is 18. The summed E-state index contributed by atoms with van der Waals surface area (Å²) in [6, 6.07) is 27.6. The minimum Gasteiger partial charge on any atom is -0.389 e. The topological polar surface area (TPSA) is 141 Å². The second-order valence-electron chi connectivity index (χ2n) is 14.1. The maximum Gasteiger partial charge on any atom is 0.286 e. The number of aromatic nitrogens is 2. The fraction of sp³-hybridized carbons (Fsp3) is 0.349. The number of β-amino-alcohol motifs (C(OH)–C–C–N with tert-alkyl or cyclic N) is 4. The van der Waals surface area contributed by atoms with E-state index in [2.05, 4.69) is 5.32 Å². The highest BCUT2D eigenvalue weighted by Gasteiger charge is 2.30. The van der Waals surface area contributed by atoms with Crippen molar-refractivity contribution in [3.05, 3.63) is 120 Å². The van der Waals surface area contributed by atoms with Gasteiger partial charge in [-0.3, -0.25) is 9.59 Å². The Labute approximate surface area is 336 Å². The standard InChI is InChI=1S/C43H50N5O6S2/c49-38(26-45-22-3-1-6-34(45)15-9-32-11-17-36(18-12-32)47-27-39(50)40(51)28-47)8-5-24-55-56-25-21-44-43(54)31-46-23-4-2-7-35(46)16-10-33-13-19-37(20-14-33)48-29-41(52)42(53)30-48/h1-4,6-7,9-20,22-23,39-42,50-53H,5,8,21,24-31H2/q+1/p+1. The molecular weight excluding hydrogens is 747 g/mol. The van der Waals surface area contributed by atoms with Crippen molar-refractivity contribution in [2.45, 2.75) is 50.3 Å². The van der Waals surface area contributed by atoms with Crippen LogP contribution >= 0.6 is 21.6 Å². The van der Waals surface area contributed by atoms with Gasteiger partial charge in [0.2, 0.25) is 24.5 Å². The number of hydrogen-bond acceptors (Lipinski definition) is 10. The second kappa shape index (κ2) is 20.6. The van der Waals surface area contributed by atoms with E-state index in [1.807, 2.05) is 141 Å². The fourth-order valence-corrected chi connectivity index (χ4v) is 8.64. The number of ketones is 1. The third-order valence-electron chi connectivity index (χ3n) is 9.81. The van der Waals surface area contributed by atoms with Gasteiger partial charge in [-0.25, -0.2) is 0 Å². The number of aliphatic hydroxyl groups is 4. The van der Waals surface area contributed by atoms with Gasteiger partial charge in [0.25, 0.3) is 5.91 Å². The molecular formula is C43H51N5O6S2+2. The molecule has 4 unspecified atom stereocenters. The Kier molecular flexibility index (Phi) is 15.1. The van der Waals surface area contributed by atoms with Crippen molar-refractivity contribution in [1.82, 2.24) is 5.32 Å². The van der Waals surface area contributed by atoms with E-state index in [-0.39, 0.29) is 18.2 Å². The van der Waals surface area contributed by atoms with Crippen LogP contribution in [-0.4, -0.2) is 101 Å². The smallest absolute Gasteiger partial charge is 0.286 e. The number of hydrogen-bond donors (Lipinski definition) is 5. The molecule has 2 aliphatic heterocycles. The van der Waals surface area contributed by atoms with Crippen LogP contribution in [0.3, 0.4) is 0 Å². The number of Topliss-reactive ketones (excluding diaryl/α,β-unsaturated/α-hetero) is 1. The van der Waals surface area contributed by atoms with Gasteiger partial charge in [0, 0.05) is 98.4 Å². The van der Waals surface area contributed by atoms with E-state index in [1.54, 1.807) is 21.6 Å². The molecule has 2 aromatic heterocycles. The molecule has 294 valence electrons. The Bertz CT molecular complexity index is 1800. The molecule has 0 saturated carbocycles. The summed E-state index contributed by atoms with van der Waals surface area (Å²) in [6.07, 6.45) is 10.2. The third kappa shape index (κ3) is 12.0. The van der Waals surface area contributed by atoms with E-state index in [4.69, 9.17) is 0 Å². The quantitative estimate of drug-likeness (QED) is 0.0580. The van der Waals surface area contributed by atoms with E-state index >= 15 is 0 Å². The average molecular weight is 798 g/mol. The van der Waals surface area contributed by atoms with Crippen LogP contribution in [0, 0.1) is 0 Å². The van der Waals surface area contributed by atoms with Crippen molar-refractivity contribution < 1.29 is 39.1 Å². The van der Waals surface area contributed by atoms with Crippen LogP contribution in [0.4, 0.5) is 11.4 Å². The van der Waals surface area contributed by atoms with Crippen LogP contribution in [0.2, 0.25) is 0 Å². The summed E-state index contributed by atoms with van der Waals surface area (Å²) in [5.41, 5.74) is 5.78. The first-order valence-electron chi connectivity index (χ1n) is 19.0. The van der Waals surface area contributed by atoms with E-state index in [0.29, 0.717) is 45.7 Å². The molecule has 2 fully saturated rings. The van der Waals surface area contributed by atoms with Gasteiger partial charge in [-0.1, -0.05) is 45.9 Å². The van der Waals surface area contributed by atoms with Crippen molar-refractivity contribution in [3.8, 4) is 0 Å². The number of benzene rings is 2. The molecule has 6 rings (SSSR count). The SMILES string of the molecule is O=C(CCCSSCCNC(=O)C[n+]1ccccc1/C=C/c1ccc(N2CC(O)C(O)C2)cc1)C[n+]1ccccc1/C=C/c1ccc(N2CC(O)C(O)C2)cc1. The zero-order valence-corrected chi connectivity index (χ0v) is 33.0. The maximum atomic E-state index is 12.9. The largest absolute Gasteiger partial charge is 0.389 e. The monoisotopic (exact) mass is 797 g/mol. The lowest BCUT2D eigenvalue weighted by Crippen LogP contribution is -2.45. The number of carbonyl (C=O) groups excluding carboxylic acids is 2. The van der Waals surface area contributed by atoms with Crippen LogP contribution in [0.1, 0.15) is 35.4 Å². The van der Waals surface area contributed by atoms with Crippen molar-refractivity contribution in [2.24, 2.45) is 0 Å². The van der Waals surface area contributed by atoms with Crippen LogP contribution < -0.4 is 24.3 Å². The molecule has 1 amide bonds. The van der Waals surface area contributed by atoms with Crippen molar-refractivity contribution in [2.75, 3.05) is 54.0 Å². The molecule has 56 heavy (non-hydrogen) atoms. The molecule has 0 bridgehead atoms. The molecule has 0 radical (unpaired) electrons. The van der Waals surface area contributed by atoms with Gasteiger partial charge < -0.3 is 35.5 Å². The van der Waals surface area contributed by atoms with Gasteiger partial charge in [0.05, 0.1) is 24.4 Å². The van der Waals surface area contributed by atoms with Crippen molar-refractivity contribution in [1.29, 1.82) is 0 Å². The summed E-state index contributed by atoms with van der Waals surface area (Å²) in [5, 5.41) is 42.4. The minimum atomic E-state index is -0.726. The summed E-state index contributed by atoms with van der Waals surface area (Å²) in [6.45, 7) is 2.75. The molecule has 0 aliphatic carbocycles. The van der Waals surface area contributed by atoms with Gasteiger partial charge in [-0.05, 0) is 66.1 Å². The number of pyridine rings is 2. The molecule has 2 aliphatic rings. The Morgan fingerprint density at radius 2 is 1.09 bits per heavy atom. The van der Waals surface area contributed by atoms with E-state index in [1.165, 1.54) is 0 Å². The molecule has 13 heteroatoms. The molecule has 5 N–H and O–H groups in total. The summed E-state index contributed by atoms with van der Waals surface area (Å²) < 4.78 is 3.88. The zero-order valence-electron chi connectivity index (χ0n) is 31.3. The van der Waals surface area contributed by atoms with Crippen molar-refractivity contribution >= 4 is 69.0 Å². The summed E-state index contributed by atoms with van der Waals surface area (Å²) in [5.74, 6) is 1.74. The van der Waals surface area contributed by atoms with E-state index < -0.39 is 24.4 Å². The third-order valence-corrected chi connectivity index (χ3v) is 12.3. The average Bonchev–Trinajstić information content (AvgIpc) is 3.73. The first kappa shape index (κ1) is 41.1. The molecule has 4 aromatic rings. The highest BCUT2D eigenvalue weighted by Crippen LogP contribution is 2.24. The number of anilines is 2. The van der Waals surface area contributed by atoms with Crippen LogP contribution in [0.5, 0.6) is 0 Å². The second-order valence-corrected chi connectivity index (χ2v) is 16.8. The highest BCUT2D eigenvalue weighted by molar-refractivity contribution is 8.76. The van der Waals surface area contributed by atoms with E-state index in [9.17, 15) is 30.0 Å². The Morgan fingerprint density at radius 3 is 1.59 bits per heavy atom. The molecule has 4 atom stereocenters. The Morgan fingerprint density at radius 1 is 0.625 bits per heavy atom. The van der Waals surface area contributed by atoms with Gasteiger partial charge in [-0.15, -0.1) is 0 Å². The number of nitrogens with zero attached hydrogens (tertiary/aromatic N) is 4. The van der Waals surface area contributed by atoms with Gasteiger partial charge >= 0.3 is 0 Å². The predicted molar refractivity (Wildman–Crippen MR) is 225 cm³/mol. The summed E-state index contributed by atoms with van der Waals surface area (Å²) in [7, 11) is 3.41. The van der Waals surface area contributed by atoms with Crippen LogP contribution in [-0.2, 0) is 22.7 Å². The lowest BCUT2D eigenvalue weighted by atomic mass is 10.1. The van der Waals surface area contributed by atoms with Gasteiger partial charge in [0.15, 0.2) is 18.2 Å². The molecule has 2 saturated heterocycles. The first-order chi connectivity index (χ1) is 27.2. The van der Waals surface area contributed by atoms with Crippen LogP contribution in [0.25, 0.3) is 24.3 Å². The minimum absolute atomic E-state index is 0.0579. The zero-order chi connectivity index (χ0) is 39.3. The number of aliphatic hydroxyl groups excluding tert-OH is 4. The molecule has 4 heterocycles. The highest BCUT2D eigenvalue weighted by atomic mass is 33.1. The predicted octanol–water partition coefficient (Wildman–Crippen LogP) is 3.23. The maximum absolute atomic E-state index is 12.9. The number of amides is 1. The fourth-order valence-electron chi connectivity index (χ4n) is 6.64. The molecule has 11 nitrogen and oxygen atoms in total. The lowest BCUT2D eigenvalue weighted by Gasteiger charge is -2.17. The van der Waals surface area contributed by atoms with Crippen molar-refractivity contribution in [3.63, 3.8) is 0 Å². The van der Waals surface area contributed by atoms with Gasteiger partial charge in [-0.2, -0.15) is 9.13 Å². The normalized spacial score (nSPS) is 19.7. The summed E-state index contributed by atoms with van der Waals surface area (Å²) >= 11 is 0. The Hall–Kier alpha value is -4.50. The molecule has 0 spiro atoms. The molecule has 2 aromatic carbocycles. The number of carbonyl (C=O) groups is 2.